The first-order valence-corrected chi connectivity index (χ1v) is 8.61. The Morgan fingerprint density at radius 2 is 1.88 bits per heavy atom. The van der Waals surface area contributed by atoms with Gasteiger partial charge in [0.15, 0.2) is 6.10 Å². The maximum atomic E-state index is 12.4. The molecule has 1 unspecified atom stereocenters. The maximum absolute atomic E-state index is 12.4. The second-order valence-electron chi connectivity index (χ2n) is 5.62. The molecule has 1 heterocycles. The monoisotopic (exact) mass is 346 g/mol. The molecule has 0 spiro atoms. The molecule has 3 N–H and O–H groups in total. The van der Waals surface area contributed by atoms with E-state index in [1.54, 1.807) is 6.92 Å². The molecule has 1 atom stereocenters. The lowest BCUT2D eigenvalue weighted by molar-refractivity contribution is -0.122. The van der Waals surface area contributed by atoms with Crippen LogP contribution < -0.4 is 15.8 Å². The number of aryl methyl sites for hydroxylation is 2. The highest BCUT2D eigenvalue weighted by atomic mass is 32.1. The van der Waals surface area contributed by atoms with Gasteiger partial charge in [-0.15, -0.1) is 11.3 Å². The van der Waals surface area contributed by atoms with Gasteiger partial charge in [0.2, 0.25) is 0 Å². The molecular weight excluding hydrogens is 324 g/mol. The number of benzene rings is 1. The van der Waals surface area contributed by atoms with Gasteiger partial charge in [0.05, 0.1) is 5.56 Å². The van der Waals surface area contributed by atoms with Crippen LogP contribution in [0.25, 0.3) is 0 Å². The fourth-order valence-corrected chi connectivity index (χ4v) is 3.59. The van der Waals surface area contributed by atoms with E-state index >= 15 is 0 Å². The van der Waals surface area contributed by atoms with Crippen molar-refractivity contribution in [2.45, 2.75) is 40.2 Å². The normalized spacial score (nSPS) is 11.8. The van der Waals surface area contributed by atoms with E-state index in [4.69, 9.17) is 10.5 Å². The largest absolute Gasteiger partial charge is 0.481 e. The molecule has 5 nitrogen and oxygen atoms in total. The summed E-state index contributed by atoms with van der Waals surface area (Å²) in [6, 6.07) is 7.47. The zero-order chi connectivity index (χ0) is 17.9. The molecule has 0 fully saturated rings. The van der Waals surface area contributed by atoms with E-state index in [-0.39, 0.29) is 5.91 Å². The molecule has 0 saturated carbocycles. The van der Waals surface area contributed by atoms with Gasteiger partial charge in [0.25, 0.3) is 11.8 Å². The van der Waals surface area contributed by atoms with Crippen molar-refractivity contribution in [3.63, 3.8) is 0 Å². The lowest BCUT2D eigenvalue weighted by atomic mass is 10.1. The number of amides is 2. The third-order valence-corrected chi connectivity index (χ3v) is 4.81. The Hall–Kier alpha value is -2.34. The van der Waals surface area contributed by atoms with Gasteiger partial charge in [0, 0.05) is 4.88 Å². The standard InChI is InChI=1S/C18H22N2O3S/c1-5-14-12(4)24-18(15(14)16(19)21)20-17(22)11(3)23-13-8-6-10(2)7-9-13/h6-9,11H,5H2,1-4H3,(H2,19,21)(H,20,22). The predicted molar refractivity (Wildman–Crippen MR) is 96.9 cm³/mol. The molecule has 2 aromatic rings. The number of hydrogen-bond donors (Lipinski definition) is 2. The van der Waals surface area contributed by atoms with Gasteiger partial charge >= 0.3 is 0 Å². The zero-order valence-electron chi connectivity index (χ0n) is 14.3. The van der Waals surface area contributed by atoms with E-state index in [9.17, 15) is 9.59 Å². The van der Waals surface area contributed by atoms with Crippen LogP contribution in [0.4, 0.5) is 5.00 Å². The van der Waals surface area contributed by atoms with Gasteiger partial charge in [-0.05, 0) is 44.9 Å². The number of carbonyl (C=O) groups excluding carboxylic acids is 2. The molecule has 1 aromatic carbocycles. The number of hydrogen-bond acceptors (Lipinski definition) is 4. The van der Waals surface area contributed by atoms with E-state index in [0.29, 0.717) is 22.7 Å². The van der Waals surface area contributed by atoms with E-state index in [2.05, 4.69) is 5.32 Å². The van der Waals surface area contributed by atoms with Crippen molar-refractivity contribution in [1.82, 2.24) is 0 Å². The number of nitrogens with one attached hydrogen (secondary N) is 1. The van der Waals surface area contributed by atoms with Crippen LogP contribution in [0.1, 0.15) is 40.2 Å². The molecule has 2 rings (SSSR count). The molecule has 0 aliphatic rings. The molecule has 2 amide bonds. The van der Waals surface area contributed by atoms with Crippen LogP contribution in [0.3, 0.4) is 0 Å². The van der Waals surface area contributed by atoms with Crippen molar-refractivity contribution in [3.05, 3.63) is 45.8 Å². The highest BCUT2D eigenvalue weighted by Gasteiger charge is 2.23. The Balaban J connectivity index is 2.14. The molecular formula is C18H22N2O3S. The molecule has 0 bridgehead atoms. The average molecular weight is 346 g/mol. The van der Waals surface area contributed by atoms with Crippen LogP contribution in [0, 0.1) is 13.8 Å². The Morgan fingerprint density at radius 3 is 2.42 bits per heavy atom. The number of anilines is 1. The van der Waals surface area contributed by atoms with E-state index in [0.717, 1.165) is 16.0 Å². The molecule has 0 aliphatic carbocycles. The van der Waals surface area contributed by atoms with Crippen molar-refractivity contribution >= 4 is 28.2 Å². The van der Waals surface area contributed by atoms with Crippen molar-refractivity contribution in [2.24, 2.45) is 5.73 Å². The van der Waals surface area contributed by atoms with Gasteiger partial charge in [-0.1, -0.05) is 24.6 Å². The van der Waals surface area contributed by atoms with Crippen LogP contribution in [0.5, 0.6) is 5.75 Å². The first kappa shape index (κ1) is 18.0. The minimum atomic E-state index is -0.694. The third kappa shape index (κ3) is 3.94. The summed E-state index contributed by atoms with van der Waals surface area (Å²) in [7, 11) is 0. The number of rotatable bonds is 6. The molecule has 24 heavy (non-hydrogen) atoms. The van der Waals surface area contributed by atoms with Crippen molar-refractivity contribution in [3.8, 4) is 5.75 Å². The number of primary amides is 1. The number of nitrogens with two attached hydrogens (primary N) is 1. The highest BCUT2D eigenvalue weighted by Crippen LogP contribution is 2.33. The van der Waals surface area contributed by atoms with Crippen molar-refractivity contribution in [1.29, 1.82) is 0 Å². The number of thiophene rings is 1. The van der Waals surface area contributed by atoms with E-state index < -0.39 is 12.0 Å². The van der Waals surface area contributed by atoms with Crippen LogP contribution in [-0.4, -0.2) is 17.9 Å². The summed E-state index contributed by atoms with van der Waals surface area (Å²) in [5.41, 5.74) is 7.88. The Labute approximate surface area is 145 Å². The smallest absolute Gasteiger partial charge is 0.265 e. The molecule has 6 heteroatoms. The summed E-state index contributed by atoms with van der Waals surface area (Å²) < 4.78 is 5.64. The SMILES string of the molecule is CCc1c(C)sc(NC(=O)C(C)Oc2ccc(C)cc2)c1C(N)=O. The van der Waals surface area contributed by atoms with Gasteiger partial charge in [-0.3, -0.25) is 9.59 Å². The van der Waals surface area contributed by atoms with Crippen molar-refractivity contribution in [2.75, 3.05) is 5.32 Å². The van der Waals surface area contributed by atoms with Gasteiger partial charge in [0.1, 0.15) is 10.8 Å². The summed E-state index contributed by atoms with van der Waals surface area (Å²) in [6.07, 6.45) is -0.00719. The summed E-state index contributed by atoms with van der Waals surface area (Å²) in [4.78, 5) is 25.1. The molecule has 1 aromatic heterocycles. The summed E-state index contributed by atoms with van der Waals surface area (Å²) in [5.74, 6) is -0.226. The number of ether oxygens (including phenoxy) is 1. The lowest BCUT2D eigenvalue weighted by Crippen LogP contribution is -2.30. The van der Waals surface area contributed by atoms with Gasteiger partial charge < -0.3 is 15.8 Å². The first-order chi connectivity index (χ1) is 11.3. The van der Waals surface area contributed by atoms with E-state index in [1.807, 2.05) is 45.0 Å². The van der Waals surface area contributed by atoms with Gasteiger partial charge in [-0.25, -0.2) is 0 Å². The Kier molecular flexibility index (Phi) is 5.62. The zero-order valence-corrected chi connectivity index (χ0v) is 15.1. The van der Waals surface area contributed by atoms with Gasteiger partial charge in [-0.2, -0.15) is 0 Å². The average Bonchev–Trinajstić information content (AvgIpc) is 2.84. The number of carbonyl (C=O) groups is 2. The predicted octanol–water partition coefficient (Wildman–Crippen LogP) is 3.43. The summed E-state index contributed by atoms with van der Waals surface area (Å²) in [5, 5.41) is 3.26. The van der Waals surface area contributed by atoms with Crippen LogP contribution in [0.15, 0.2) is 24.3 Å². The quantitative estimate of drug-likeness (QED) is 0.841. The van der Waals surface area contributed by atoms with Crippen LogP contribution >= 0.6 is 11.3 Å². The highest BCUT2D eigenvalue weighted by molar-refractivity contribution is 7.16. The molecule has 128 valence electrons. The lowest BCUT2D eigenvalue weighted by Gasteiger charge is -2.14. The Morgan fingerprint density at radius 1 is 1.25 bits per heavy atom. The maximum Gasteiger partial charge on any atom is 0.265 e. The van der Waals surface area contributed by atoms with E-state index in [1.165, 1.54) is 11.3 Å². The van der Waals surface area contributed by atoms with Crippen molar-refractivity contribution < 1.29 is 14.3 Å². The summed E-state index contributed by atoms with van der Waals surface area (Å²) in [6.45, 7) is 7.52. The van der Waals surface area contributed by atoms with Crippen LogP contribution in [0.2, 0.25) is 0 Å². The molecule has 0 saturated heterocycles. The minimum absolute atomic E-state index is 0.318. The third-order valence-electron chi connectivity index (χ3n) is 3.75. The second-order valence-corrected chi connectivity index (χ2v) is 6.85. The van der Waals surface area contributed by atoms with Crippen LogP contribution in [-0.2, 0) is 11.2 Å². The second kappa shape index (κ2) is 7.49. The fraction of sp³-hybridized carbons (Fsp3) is 0.333. The molecule has 0 radical (unpaired) electrons. The fourth-order valence-electron chi connectivity index (χ4n) is 2.44. The Bertz CT molecular complexity index is 750. The minimum Gasteiger partial charge on any atom is -0.481 e. The first-order valence-electron chi connectivity index (χ1n) is 7.79. The molecule has 0 aliphatic heterocycles. The topological polar surface area (TPSA) is 81.4 Å². The summed E-state index contributed by atoms with van der Waals surface area (Å²) >= 11 is 1.36.